The van der Waals surface area contributed by atoms with Crippen molar-refractivity contribution >= 4 is 42.3 Å². The molecule has 1 saturated heterocycles. The minimum atomic E-state index is -0.573. The minimum absolute atomic E-state index is 0. The van der Waals surface area contributed by atoms with Crippen LogP contribution in [0, 0.1) is 12.8 Å². The maximum atomic E-state index is 12.2. The zero-order valence-corrected chi connectivity index (χ0v) is 17.2. The standard InChI is InChI=1S/C18H28N4O2.2ClH/c1-13(2)17(19)18(24)20-12-16(23)22-9-7-21(8-10-22)15-6-4-5-14(3)11-15;;/h4-6,11,13,17H,7-10,12,19H2,1-3H3,(H,20,24);2*1H/t17-;;/m0../s1. The Kier molecular flexibility index (Phi) is 10.6. The molecule has 0 radical (unpaired) electrons. The Morgan fingerprint density at radius 3 is 2.31 bits per heavy atom. The highest BCUT2D eigenvalue weighted by molar-refractivity contribution is 5.87. The summed E-state index contributed by atoms with van der Waals surface area (Å²) in [5, 5.41) is 2.64. The van der Waals surface area contributed by atoms with Crippen molar-refractivity contribution < 1.29 is 9.59 Å². The molecule has 1 atom stereocenters. The molecule has 1 aliphatic rings. The summed E-state index contributed by atoms with van der Waals surface area (Å²) in [7, 11) is 0. The van der Waals surface area contributed by atoms with Crippen molar-refractivity contribution in [3.8, 4) is 0 Å². The Labute approximate surface area is 168 Å². The van der Waals surface area contributed by atoms with E-state index in [0.717, 1.165) is 13.1 Å². The molecular formula is C18H30Cl2N4O2. The molecule has 0 spiro atoms. The molecule has 1 aromatic rings. The number of nitrogens with two attached hydrogens (primary N) is 1. The van der Waals surface area contributed by atoms with Gasteiger partial charge in [-0.3, -0.25) is 9.59 Å². The van der Waals surface area contributed by atoms with Crippen LogP contribution < -0.4 is 16.0 Å². The summed E-state index contributed by atoms with van der Waals surface area (Å²) in [5.41, 5.74) is 8.20. The number of nitrogens with zero attached hydrogens (tertiary/aromatic N) is 2. The van der Waals surface area contributed by atoms with Crippen LogP contribution in [0.5, 0.6) is 0 Å². The first-order chi connectivity index (χ1) is 11.4. The fourth-order valence-corrected chi connectivity index (χ4v) is 2.73. The Morgan fingerprint density at radius 2 is 1.77 bits per heavy atom. The van der Waals surface area contributed by atoms with Crippen LogP contribution in [0.25, 0.3) is 0 Å². The van der Waals surface area contributed by atoms with E-state index in [1.54, 1.807) is 4.90 Å². The lowest BCUT2D eigenvalue weighted by atomic mass is 10.1. The largest absolute Gasteiger partial charge is 0.368 e. The number of hydrogen-bond donors (Lipinski definition) is 2. The molecule has 2 rings (SSSR count). The van der Waals surface area contributed by atoms with Gasteiger partial charge in [0.05, 0.1) is 12.6 Å². The molecule has 6 nitrogen and oxygen atoms in total. The van der Waals surface area contributed by atoms with E-state index < -0.39 is 6.04 Å². The normalized spacial score (nSPS) is 15.0. The lowest BCUT2D eigenvalue weighted by Gasteiger charge is -2.36. The van der Waals surface area contributed by atoms with Crippen molar-refractivity contribution in [2.24, 2.45) is 11.7 Å². The molecule has 1 aromatic carbocycles. The fraction of sp³-hybridized carbons (Fsp3) is 0.556. The van der Waals surface area contributed by atoms with E-state index in [4.69, 9.17) is 5.73 Å². The summed E-state index contributed by atoms with van der Waals surface area (Å²) < 4.78 is 0. The second kappa shape index (κ2) is 11.3. The quantitative estimate of drug-likeness (QED) is 0.780. The molecule has 0 unspecified atom stereocenters. The number of nitrogens with one attached hydrogen (secondary N) is 1. The summed E-state index contributed by atoms with van der Waals surface area (Å²) in [6.07, 6.45) is 0. The van der Waals surface area contributed by atoms with Gasteiger partial charge in [0.2, 0.25) is 11.8 Å². The number of carbonyl (C=O) groups is 2. The minimum Gasteiger partial charge on any atom is -0.368 e. The van der Waals surface area contributed by atoms with Crippen LogP contribution in [-0.4, -0.2) is 55.5 Å². The van der Waals surface area contributed by atoms with E-state index in [2.05, 4.69) is 41.4 Å². The zero-order chi connectivity index (χ0) is 17.7. The van der Waals surface area contributed by atoms with Crippen LogP contribution in [0.15, 0.2) is 24.3 Å². The number of aryl methyl sites for hydroxylation is 1. The second-order valence-electron chi connectivity index (χ2n) is 6.69. The fourth-order valence-electron chi connectivity index (χ4n) is 2.73. The number of benzene rings is 1. The molecule has 3 N–H and O–H groups in total. The highest BCUT2D eigenvalue weighted by atomic mass is 35.5. The van der Waals surface area contributed by atoms with Gasteiger partial charge < -0.3 is 20.9 Å². The first-order valence-electron chi connectivity index (χ1n) is 8.51. The van der Waals surface area contributed by atoms with Gasteiger partial charge in [0, 0.05) is 31.9 Å². The number of piperazine rings is 1. The third kappa shape index (κ3) is 6.67. The van der Waals surface area contributed by atoms with Crippen molar-refractivity contribution in [2.45, 2.75) is 26.8 Å². The van der Waals surface area contributed by atoms with Crippen LogP contribution in [0.2, 0.25) is 0 Å². The highest BCUT2D eigenvalue weighted by Crippen LogP contribution is 2.17. The van der Waals surface area contributed by atoms with Crippen LogP contribution in [-0.2, 0) is 9.59 Å². The molecule has 8 heteroatoms. The molecule has 1 aliphatic heterocycles. The second-order valence-corrected chi connectivity index (χ2v) is 6.69. The number of carbonyl (C=O) groups excluding carboxylic acids is 2. The number of anilines is 1. The number of halogens is 2. The molecule has 1 heterocycles. The summed E-state index contributed by atoms with van der Waals surface area (Å²) in [6, 6.07) is 7.81. The average Bonchev–Trinajstić information content (AvgIpc) is 2.58. The van der Waals surface area contributed by atoms with Gasteiger partial charge in [0.15, 0.2) is 0 Å². The van der Waals surface area contributed by atoms with E-state index in [1.807, 2.05) is 13.8 Å². The van der Waals surface area contributed by atoms with E-state index in [9.17, 15) is 9.59 Å². The predicted octanol–water partition coefficient (Wildman–Crippen LogP) is 1.59. The Morgan fingerprint density at radius 1 is 1.15 bits per heavy atom. The SMILES string of the molecule is Cc1cccc(N2CCN(C(=O)CNC(=O)[C@@H](N)C(C)C)CC2)c1.Cl.Cl. The maximum Gasteiger partial charge on any atom is 0.242 e. The third-order valence-electron chi connectivity index (χ3n) is 4.43. The van der Waals surface area contributed by atoms with Gasteiger partial charge >= 0.3 is 0 Å². The van der Waals surface area contributed by atoms with E-state index in [-0.39, 0.29) is 49.1 Å². The monoisotopic (exact) mass is 404 g/mol. The number of hydrogen-bond acceptors (Lipinski definition) is 4. The van der Waals surface area contributed by atoms with Crippen LogP contribution in [0.1, 0.15) is 19.4 Å². The molecule has 1 fully saturated rings. The van der Waals surface area contributed by atoms with Crippen LogP contribution in [0.3, 0.4) is 0 Å². The van der Waals surface area contributed by atoms with E-state index in [0.29, 0.717) is 13.1 Å². The number of rotatable bonds is 5. The summed E-state index contributed by atoms with van der Waals surface area (Å²) in [6.45, 7) is 8.80. The molecular weight excluding hydrogens is 375 g/mol. The summed E-state index contributed by atoms with van der Waals surface area (Å²) in [5.74, 6) is -0.266. The number of amides is 2. The van der Waals surface area contributed by atoms with Crippen molar-refractivity contribution in [1.82, 2.24) is 10.2 Å². The maximum absolute atomic E-state index is 12.2. The van der Waals surface area contributed by atoms with Gasteiger partial charge in [-0.1, -0.05) is 26.0 Å². The van der Waals surface area contributed by atoms with Gasteiger partial charge in [-0.05, 0) is 30.5 Å². The molecule has 0 aliphatic carbocycles. The molecule has 26 heavy (non-hydrogen) atoms. The lowest BCUT2D eigenvalue weighted by molar-refractivity contribution is -0.133. The van der Waals surface area contributed by atoms with E-state index in [1.165, 1.54) is 11.3 Å². The molecule has 148 valence electrons. The average molecular weight is 405 g/mol. The predicted molar refractivity (Wildman–Crippen MR) is 110 cm³/mol. The molecule has 2 amide bonds. The topological polar surface area (TPSA) is 78.7 Å². The van der Waals surface area contributed by atoms with Crippen molar-refractivity contribution in [3.05, 3.63) is 29.8 Å². The van der Waals surface area contributed by atoms with Crippen molar-refractivity contribution in [1.29, 1.82) is 0 Å². The Balaban J connectivity index is 0.00000312. The highest BCUT2D eigenvalue weighted by Gasteiger charge is 2.23. The zero-order valence-electron chi connectivity index (χ0n) is 15.6. The van der Waals surface area contributed by atoms with Crippen LogP contribution in [0.4, 0.5) is 5.69 Å². The summed E-state index contributed by atoms with van der Waals surface area (Å²) in [4.78, 5) is 28.2. The van der Waals surface area contributed by atoms with E-state index >= 15 is 0 Å². The van der Waals surface area contributed by atoms with Gasteiger partial charge in [0.1, 0.15) is 0 Å². The van der Waals surface area contributed by atoms with Gasteiger partial charge in [0.25, 0.3) is 0 Å². The molecule has 0 saturated carbocycles. The van der Waals surface area contributed by atoms with Gasteiger partial charge in [-0.25, -0.2) is 0 Å². The van der Waals surface area contributed by atoms with Crippen molar-refractivity contribution in [3.63, 3.8) is 0 Å². The van der Waals surface area contributed by atoms with Crippen LogP contribution >= 0.6 is 24.8 Å². The first kappa shape index (κ1) is 24.5. The Bertz CT molecular complexity index is 590. The lowest BCUT2D eigenvalue weighted by Crippen LogP contribution is -2.52. The van der Waals surface area contributed by atoms with Gasteiger partial charge in [-0.15, -0.1) is 24.8 Å². The first-order valence-corrected chi connectivity index (χ1v) is 8.51. The van der Waals surface area contributed by atoms with Gasteiger partial charge in [-0.2, -0.15) is 0 Å². The smallest absolute Gasteiger partial charge is 0.242 e. The van der Waals surface area contributed by atoms with Crippen molar-refractivity contribution in [2.75, 3.05) is 37.6 Å². The molecule has 0 bridgehead atoms. The third-order valence-corrected chi connectivity index (χ3v) is 4.43. The molecule has 0 aromatic heterocycles. The Hall–Kier alpha value is -1.50. The summed E-state index contributed by atoms with van der Waals surface area (Å²) >= 11 is 0.